The van der Waals surface area contributed by atoms with Crippen molar-refractivity contribution >= 4 is 48.3 Å². The number of amides is 1. The number of furan rings is 1. The SMILES string of the molecule is CN(c1ccccc1)S(=O)(=O)c1ccc(C(=O)N(Cc2ccco2)c2nc3c(F)cccc3s2)cc1. The second-order valence-electron chi connectivity index (χ2n) is 7.89. The number of anilines is 2. The number of halogens is 1. The molecule has 0 atom stereocenters. The van der Waals surface area contributed by atoms with Gasteiger partial charge >= 0.3 is 0 Å². The molecule has 0 unspecified atom stereocenters. The van der Waals surface area contributed by atoms with Crippen molar-refractivity contribution in [2.24, 2.45) is 0 Å². The number of para-hydroxylation sites is 2. The van der Waals surface area contributed by atoms with Crippen molar-refractivity contribution in [3.63, 3.8) is 0 Å². The number of rotatable bonds is 7. The van der Waals surface area contributed by atoms with Crippen LogP contribution in [0.4, 0.5) is 15.2 Å². The van der Waals surface area contributed by atoms with Gasteiger partial charge in [-0.25, -0.2) is 17.8 Å². The predicted octanol–water partition coefficient (Wildman–Crippen LogP) is 5.70. The Balaban J connectivity index is 1.47. The van der Waals surface area contributed by atoms with Gasteiger partial charge in [-0.1, -0.05) is 35.6 Å². The standard InChI is InChI=1S/C26H20FN3O4S2/c1-29(19-7-3-2-4-8-19)36(32,33)21-14-12-18(13-15-21)25(31)30(17-20-9-6-16-34-20)26-28-24-22(27)10-5-11-23(24)35-26/h2-16H,17H2,1H3. The molecule has 0 spiro atoms. The summed E-state index contributed by atoms with van der Waals surface area (Å²) < 4.78 is 47.7. The van der Waals surface area contributed by atoms with Gasteiger partial charge in [-0.2, -0.15) is 0 Å². The van der Waals surface area contributed by atoms with Crippen LogP contribution >= 0.6 is 11.3 Å². The fourth-order valence-electron chi connectivity index (χ4n) is 3.66. The first kappa shape index (κ1) is 23.7. The number of sulfonamides is 1. The van der Waals surface area contributed by atoms with Gasteiger partial charge in [-0.15, -0.1) is 0 Å². The van der Waals surface area contributed by atoms with E-state index in [0.29, 0.717) is 21.3 Å². The molecule has 0 radical (unpaired) electrons. The molecule has 5 aromatic rings. The monoisotopic (exact) mass is 521 g/mol. The number of nitrogens with zero attached hydrogens (tertiary/aromatic N) is 3. The lowest BCUT2D eigenvalue weighted by molar-refractivity contribution is 0.0983. The molecule has 36 heavy (non-hydrogen) atoms. The van der Waals surface area contributed by atoms with Crippen molar-refractivity contribution in [2.45, 2.75) is 11.4 Å². The minimum absolute atomic E-state index is 0.0463. The normalized spacial score (nSPS) is 11.5. The lowest BCUT2D eigenvalue weighted by Gasteiger charge is -2.21. The second-order valence-corrected chi connectivity index (χ2v) is 10.9. The number of hydrogen-bond donors (Lipinski definition) is 0. The zero-order chi connectivity index (χ0) is 25.3. The summed E-state index contributed by atoms with van der Waals surface area (Å²) >= 11 is 1.18. The van der Waals surface area contributed by atoms with Gasteiger partial charge in [0.1, 0.15) is 17.1 Å². The first-order valence-corrected chi connectivity index (χ1v) is 13.1. The zero-order valence-corrected chi connectivity index (χ0v) is 20.7. The van der Waals surface area contributed by atoms with Crippen molar-refractivity contribution in [3.8, 4) is 0 Å². The van der Waals surface area contributed by atoms with Gasteiger partial charge in [0.2, 0.25) is 0 Å². The number of fused-ring (bicyclic) bond motifs is 1. The van der Waals surface area contributed by atoms with E-state index in [2.05, 4.69) is 4.98 Å². The molecule has 0 aliphatic rings. The van der Waals surface area contributed by atoms with Crippen molar-refractivity contribution in [1.82, 2.24) is 4.98 Å². The Morgan fingerprint density at radius 1 is 0.972 bits per heavy atom. The fraction of sp³-hybridized carbons (Fsp3) is 0.0769. The molecule has 0 N–H and O–H groups in total. The van der Waals surface area contributed by atoms with Crippen molar-refractivity contribution in [1.29, 1.82) is 0 Å². The molecule has 5 rings (SSSR count). The van der Waals surface area contributed by atoms with Gasteiger partial charge in [-0.05, 0) is 60.7 Å². The Kier molecular flexibility index (Phi) is 6.29. The largest absolute Gasteiger partial charge is 0.467 e. The predicted molar refractivity (Wildman–Crippen MR) is 137 cm³/mol. The Hall–Kier alpha value is -4.02. The van der Waals surface area contributed by atoms with Gasteiger partial charge in [0.25, 0.3) is 15.9 Å². The number of carbonyl (C=O) groups is 1. The van der Waals surface area contributed by atoms with E-state index in [0.717, 1.165) is 0 Å². The molecule has 182 valence electrons. The summed E-state index contributed by atoms with van der Waals surface area (Å²) in [6.45, 7) is 0.0735. The molecule has 2 heterocycles. The topological polar surface area (TPSA) is 83.7 Å². The van der Waals surface area contributed by atoms with E-state index >= 15 is 0 Å². The van der Waals surface area contributed by atoms with Crippen molar-refractivity contribution in [3.05, 3.63) is 108 Å². The Bertz CT molecular complexity index is 1620. The molecule has 0 saturated carbocycles. The highest BCUT2D eigenvalue weighted by Crippen LogP contribution is 2.32. The summed E-state index contributed by atoms with van der Waals surface area (Å²) in [5.74, 6) is -0.379. The van der Waals surface area contributed by atoms with Crippen LogP contribution in [0, 0.1) is 5.82 Å². The van der Waals surface area contributed by atoms with E-state index in [1.807, 2.05) is 0 Å². The third-order valence-corrected chi connectivity index (χ3v) is 8.45. The number of hydrogen-bond acceptors (Lipinski definition) is 6. The molecule has 0 bridgehead atoms. The van der Waals surface area contributed by atoms with E-state index in [4.69, 9.17) is 4.42 Å². The fourth-order valence-corrected chi connectivity index (χ4v) is 5.84. The third kappa shape index (κ3) is 4.48. The molecular weight excluding hydrogens is 501 g/mol. The van der Waals surface area contributed by atoms with Crippen LogP contribution in [0.25, 0.3) is 10.2 Å². The van der Waals surface area contributed by atoms with E-state index in [1.54, 1.807) is 54.6 Å². The van der Waals surface area contributed by atoms with E-state index in [-0.39, 0.29) is 22.5 Å². The minimum Gasteiger partial charge on any atom is -0.467 e. The zero-order valence-electron chi connectivity index (χ0n) is 19.0. The van der Waals surface area contributed by atoms with E-state index in [1.165, 1.54) is 64.2 Å². The van der Waals surface area contributed by atoms with E-state index in [9.17, 15) is 17.6 Å². The maximum atomic E-state index is 14.3. The van der Waals surface area contributed by atoms with Crippen LogP contribution in [-0.4, -0.2) is 26.4 Å². The molecule has 1 amide bonds. The van der Waals surface area contributed by atoms with Crippen molar-refractivity contribution < 1.29 is 22.0 Å². The van der Waals surface area contributed by atoms with Gasteiger partial charge < -0.3 is 4.42 Å². The molecule has 0 fully saturated rings. The average Bonchev–Trinajstić information content (AvgIpc) is 3.57. The molecule has 0 saturated heterocycles. The summed E-state index contributed by atoms with van der Waals surface area (Å²) in [7, 11) is -2.36. The number of benzene rings is 3. The first-order chi connectivity index (χ1) is 17.3. The summed E-state index contributed by atoms with van der Waals surface area (Å²) in [5, 5.41) is 0.303. The molecule has 2 aromatic heterocycles. The molecule has 0 aliphatic heterocycles. The Morgan fingerprint density at radius 2 is 1.72 bits per heavy atom. The van der Waals surface area contributed by atoms with Gasteiger partial charge in [0.15, 0.2) is 5.13 Å². The lowest BCUT2D eigenvalue weighted by atomic mass is 10.2. The summed E-state index contributed by atoms with van der Waals surface area (Å²) in [6.07, 6.45) is 1.50. The Labute approximate surface area is 211 Å². The Morgan fingerprint density at radius 3 is 2.39 bits per heavy atom. The molecule has 3 aromatic carbocycles. The van der Waals surface area contributed by atoms with Gasteiger partial charge in [0.05, 0.1) is 28.1 Å². The highest BCUT2D eigenvalue weighted by atomic mass is 32.2. The first-order valence-electron chi connectivity index (χ1n) is 10.9. The van der Waals surface area contributed by atoms with E-state index < -0.39 is 21.7 Å². The van der Waals surface area contributed by atoms with Crippen LogP contribution in [0.15, 0.2) is 101 Å². The smallest absolute Gasteiger partial charge is 0.264 e. The van der Waals surface area contributed by atoms with Crippen LogP contribution in [0.2, 0.25) is 0 Å². The minimum atomic E-state index is -3.83. The third-order valence-electron chi connectivity index (χ3n) is 5.61. The molecule has 10 heteroatoms. The quantitative estimate of drug-likeness (QED) is 0.274. The summed E-state index contributed by atoms with van der Waals surface area (Å²) in [5.41, 5.74) is 0.952. The molecule has 7 nitrogen and oxygen atoms in total. The number of aromatic nitrogens is 1. The highest BCUT2D eigenvalue weighted by Gasteiger charge is 2.25. The molecule has 0 aliphatic carbocycles. The maximum Gasteiger partial charge on any atom is 0.264 e. The van der Waals surface area contributed by atoms with Gasteiger partial charge in [0, 0.05) is 12.6 Å². The second kappa shape index (κ2) is 9.56. The van der Waals surface area contributed by atoms with Crippen LogP contribution in [-0.2, 0) is 16.6 Å². The maximum absolute atomic E-state index is 14.3. The average molecular weight is 522 g/mol. The van der Waals surface area contributed by atoms with Crippen LogP contribution in [0.5, 0.6) is 0 Å². The summed E-state index contributed by atoms with van der Waals surface area (Å²) in [6, 6.07) is 22.5. The highest BCUT2D eigenvalue weighted by molar-refractivity contribution is 7.92. The van der Waals surface area contributed by atoms with Crippen LogP contribution in [0.3, 0.4) is 0 Å². The molecular formula is C26H20FN3O4S2. The van der Waals surface area contributed by atoms with Gasteiger partial charge in [-0.3, -0.25) is 14.0 Å². The number of carbonyl (C=O) groups excluding carboxylic acids is 1. The summed E-state index contributed by atoms with van der Waals surface area (Å²) in [4.78, 5) is 19.3. The van der Waals surface area contributed by atoms with Crippen LogP contribution < -0.4 is 9.21 Å². The van der Waals surface area contributed by atoms with Crippen molar-refractivity contribution in [2.75, 3.05) is 16.3 Å². The van der Waals surface area contributed by atoms with Crippen LogP contribution in [0.1, 0.15) is 16.1 Å². The number of thiazole rings is 1. The lowest BCUT2D eigenvalue weighted by Crippen LogP contribution is -2.30.